The summed E-state index contributed by atoms with van der Waals surface area (Å²) in [6.07, 6.45) is 2.32. The fraction of sp³-hybridized carbons (Fsp3) is 0.688. The lowest BCUT2D eigenvalue weighted by molar-refractivity contribution is 0.111. The largest absolute Gasteiger partial charge is 0.453 e. The Labute approximate surface area is 165 Å². The van der Waals surface area contributed by atoms with Gasteiger partial charge in [0.2, 0.25) is 0 Å². The zero-order valence-corrected chi connectivity index (χ0v) is 17.4. The van der Waals surface area contributed by atoms with Crippen LogP contribution in [0.15, 0.2) is 15.6 Å². The molecule has 8 nitrogen and oxygen atoms in total. The number of aromatic nitrogens is 1. The molecule has 142 valence electrons. The highest BCUT2D eigenvalue weighted by Gasteiger charge is 2.23. The Balaban J connectivity index is 0.00000312. The number of guanidine groups is 1. The standard InChI is InChI=1S/C16H27N5O3.HI/c1-4-12-10-14(24-20-12)11-18-15(17-5-2)19-13-6-8-21(9-7-13)16(22)23-3;/h10,13H,4-9,11H2,1-3H3,(H2,17,18,19);1H. The summed E-state index contributed by atoms with van der Waals surface area (Å²) in [4.78, 5) is 17.8. The number of nitrogens with one attached hydrogen (secondary N) is 2. The molecular formula is C16H28IN5O3. The predicted molar refractivity (Wildman–Crippen MR) is 106 cm³/mol. The molecule has 0 bridgehead atoms. The average Bonchev–Trinajstić information content (AvgIpc) is 3.08. The molecule has 0 aromatic carbocycles. The van der Waals surface area contributed by atoms with Crippen LogP contribution >= 0.6 is 24.0 Å². The maximum absolute atomic E-state index is 11.5. The van der Waals surface area contributed by atoms with E-state index in [-0.39, 0.29) is 36.1 Å². The zero-order chi connectivity index (χ0) is 17.4. The number of carbonyl (C=O) groups excluding carboxylic acids is 1. The quantitative estimate of drug-likeness (QED) is 0.394. The summed E-state index contributed by atoms with van der Waals surface area (Å²) in [5, 5.41) is 10.6. The Hall–Kier alpha value is -1.52. The molecule has 0 aliphatic carbocycles. The summed E-state index contributed by atoms with van der Waals surface area (Å²) >= 11 is 0. The molecule has 1 aromatic rings. The Bertz CT molecular complexity index is 556. The van der Waals surface area contributed by atoms with Gasteiger partial charge in [0.05, 0.1) is 12.8 Å². The highest BCUT2D eigenvalue weighted by molar-refractivity contribution is 14.0. The third kappa shape index (κ3) is 6.71. The number of amides is 1. The number of piperidine rings is 1. The molecule has 0 unspecified atom stereocenters. The van der Waals surface area contributed by atoms with Crippen LogP contribution < -0.4 is 10.6 Å². The second-order valence-corrected chi connectivity index (χ2v) is 5.71. The van der Waals surface area contributed by atoms with Crippen LogP contribution in [0, 0.1) is 0 Å². The predicted octanol–water partition coefficient (Wildman–Crippen LogP) is 2.14. The number of aliphatic imine (C=N–C) groups is 1. The van der Waals surface area contributed by atoms with Gasteiger partial charge in [-0.2, -0.15) is 0 Å². The maximum Gasteiger partial charge on any atom is 0.409 e. The molecule has 0 saturated carbocycles. The van der Waals surface area contributed by atoms with Crippen molar-refractivity contribution >= 4 is 36.0 Å². The number of likely N-dealkylation sites (tertiary alicyclic amines) is 1. The molecular weight excluding hydrogens is 437 g/mol. The Morgan fingerprint density at radius 1 is 1.44 bits per heavy atom. The Morgan fingerprint density at radius 3 is 2.72 bits per heavy atom. The second-order valence-electron chi connectivity index (χ2n) is 5.71. The van der Waals surface area contributed by atoms with Gasteiger partial charge in [0.25, 0.3) is 0 Å². The first-order valence-electron chi connectivity index (χ1n) is 8.48. The highest BCUT2D eigenvalue weighted by Crippen LogP contribution is 2.11. The van der Waals surface area contributed by atoms with E-state index in [4.69, 9.17) is 9.26 Å². The molecule has 0 atom stereocenters. The molecule has 2 heterocycles. The molecule has 1 aromatic heterocycles. The first-order chi connectivity index (χ1) is 11.7. The van der Waals surface area contributed by atoms with Gasteiger partial charge in [0.15, 0.2) is 11.7 Å². The van der Waals surface area contributed by atoms with Gasteiger partial charge in [0.1, 0.15) is 6.54 Å². The number of rotatable bonds is 5. The van der Waals surface area contributed by atoms with Crippen LogP contribution in [0.3, 0.4) is 0 Å². The number of nitrogens with zero attached hydrogens (tertiary/aromatic N) is 3. The Morgan fingerprint density at radius 2 is 2.16 bits per heavy atom. The van der Waals surface area contributed by atoms with E-state index < -0.39 is 0 Å². The summed E-state index contributed by atoms with van der Waals surface area (Å²) in [6, 6.07) is 2.21. The van der Waals surface area contributed by atoms with Gasteiger partial charge in [-0.25, -0.2) is 9.79 Å². The van der Waals surface area contributed by atoms with Gasteiger partial charge in [-0.05, 0) is 26.2 Å². The minimum Gasteiger partial charge on any atom is -0.453 e. The van der Waals surface area contributed by atoms with E-state index in [0.29, 0.717) is 19.6 Å². The molecule has 1 aliphatic heterocycles. The number of carbonyl (C=O) groups is 1. The molecule has 1 amide bonds. The monoisotopic (exact) mass is 465 g/mol. The number of ether oxygens (including phenoxy) is 1. The molecule has 2 N–H and O–H groups in total. The number of hydrogen-bond donors (Lipinski definition) is 2. The van der Waals surface area contributed by atoms with Crippen LogP contribution in [0.5, 0.6) is 0 Å². The van der Waals surface area contributed by atoms with E-state index in [1.165, 1.54) is 7.11 Å². The zero-order valence-electron chi connectivity index (χ0n) is 15.1. The van der Waals surface area contributed by atoms with Gasteiger partial charge in [-0.15, -0.1) is 24.0 Å². The molecule has 25 heavy (non-hydrogen) atoms. The summed E-state index contributed by atoms with van der Waals surface area (Å²) in [7, 11) is 1.41. The normalized spacial score (nSPS) is 15.5. The van der Waals surface area contributed by atoms with Crippen molar-refractivity contribution in [3.63, 3.8) is 0 Å². The van der Waals surface area contributed by atoms with E-state index in [0.717, 1.165) is 43.2 Å². The van der Waals surface area contributed by atoms with Crippen molar-refractivity contribution in [2.24, 2.45) is 4.99 Å². The van der Waals surface area contributed by atoms with Crippen molar-refractivity contribution in [2.75, 3.05) is 26.7 Å². The minimum absolute atomic E-state index is 0. The van der Waals surface area contributed by atoms with Crippen molar-refractivity contribution in [3.05, 3.63) is 17.5 Å². The van der Waals surface area contributed by atoms with Crippen molar-refractivity contribution in [1.82, 2.24) is 20.7 Å². The lowest BCUT2D eigenvalue weighted by Gasteiger charge is -2.32. The third-order valence-electron chi connectivity index (χ3n) is 3.98. The number of halogens is 1. The smallest absolute Gasteiger partial charge is 0.409 e. The first-order valence-corrected chi connectivity index (χ1v) is 8.48. The number of aryl methyl sites for hydroxylation is 1. The van der Waals surface area contributed by atoms with Crippen LogP contribution in [-0.2, 0) is 17.7 Å². The number of hydrogen-bond acceptors (Lipinski definition) is 5. The summed E-state index contributed by atoms with van der Waals surface area (Å²) in [6.45, 7) is 6.67. The molecule has 9 heteroatoms. The summed E-state index contributed by atoms with van der Waals surface area (Å²) in [5.41, 5.74) is 0.938. The fourth-order valence-corrected chi connectivity index (χ4v) is 2.60. The van der Waals surface area contributed by atoms with Crippen LogP contribution in [0.1, 0.15) is 38.1 Å². The summed E-state index contributed by atoms with van der Waals surface area (Å²) in [5.74, 6) is 1.51. The van der Waals surface area contributed by atoms with Gasteiger partial charge >= 0.3 is 6.09 Å². The first kappa shape index (κ1) is 21.5. The Kier molecular flexibility index (Phi) is 9.61. The molecule has 1 aliphatic rings. The van der Waals surface area contributed by atoms with Gasteiger partial charge in [-0.1, -0.05) is 12.1 Å². The number of methoxy groups -OCH3 is 1. The van der Waals surface area contributed by atoms with Crippen LogP contribution in [0.4, 0.5) is 4.79 Å². The minimum atomic E-state index is -0.258. The van der Waals surface area contributed by atoms with E-state index in [9.17, 15) is 4.79 Å². The highest BCUT2D eigenvalue weighted by atomic mass is 127. The topological polar surface area (TPSA) is 92.0 Å². The summed E-state index contributed by atoms with van der Waals surface area (Å²) < 4.78 is 10.0. The van der Waals surface area contributed by atoms with Crippen molar-refractivity contribution in [1.29, 1.82) is 0 Å². The molecule has 1 saturated heterocycles. The lowest BCUT2D eigenvalue weighted by Crippen LogP contribution is -2.49. The molecule has 1 fully saturated rings. The maximum atomic E-state index is 11.5. The SMILES string of the molecule is CCNC(=NCc1cc(CC)no1)NC1CCN(C(=O)OC)CC1.I. The van der Waals surface area contributed by atoms with Crippen LogP contribution in [0.2, 0.25) is 0 Å². The van der Waals surface area contributed by atoms with E-state index in [1.54, 1.807) is 4.90 Å². The third-order valence-corrected chi connectivity index (χ3v) is 3.98. The van der Waals surface area contributed by atoms with E-state index in [2.05, 4.69) is 20.8 Å². The second kappa shape index (κ2) is 11.2. The fourth-order valence-electron chi connectivity index (χ4n) is 2.60. The van der Waals surface area contributed by atoms with Crippen molar-refractivity contribution in [3.8, 4) is 0 Å². The molecule has 2 rings (SSSR count). The van der Waals surface area contributed by atoms with Gasteiger partial charge < -0.3 is 24.8 Å². The van der Waals surface area contributed by atoms with E-state index >= 15 is 0 Å². The van der Waals surface area contributed by atoms with Crippen LogP contribution in [0.25, 0.3) is 0 Å². The van der Waals surface area contributed by atoms with Gasteiger partial charge in [-0.3, -0.25) is 0 Å². The van der Waals surface area contributed by atoms with Crippen molar-refractivity contribution < 1.29 is 14.1 Å². The van der Waals surface area contributed by atoms with Crippen molar-refractivity contribution in [2.45, 2.75) is 45.7 Å². The average molecular weight is 465 g/mol. The van der Waals surface area contributed by atoms with Gasteiger partial charge in [0, 0.05) is 31.7 Å². The van der Waals surface area contributed by atoms with Crippen LogP contribution in [-0.4, -0.2) is 54.9 Å². The van der Waals surface area contributed by atoms with E-state index in [1.807, 2.05) is 19.9 Å². The lowest BCUT2D eigenvalue weighted by atomic mass is 10.1. The molecule has 0 radical (unpaired) electrons. The molecule has 0 spiro atoms.